The normalized spacial score (nSPS) is 38.8. The minimum absolute atomic E-state index is 0.946. The third-order valence-electron chi connectivity index (χ3n) is 3.77. The van der Waals surface area contributed by atoms with Gasteiger partial charge in [-0.25, -0.2) is 0 Å². The maximum absolute atomic E-state index is 2.61. The molecule has 0 aromatic carbocycles. The fourth-order valence-corrected chi connectivity index (χ4v) is 3.05. The van der Waals surface area contributed by atoms with Crippen molar-refractivity contribution in [1.82, 2.24) is 4.90 Å². The van der Waals surface area contributed by atoms with Crippen molar-refractivity contribution in [3.05, 3.63) is 0 Å². The minimum atomic E-state index is 0.946. The molecule has 1 saturated heterocycles. The van der Waals surface area contributed by atoms with Gasteiger partial charge in [-0.15, -0.1) is 0 Å². The Labute approximate surface area is 76.1 Å². The zero-order chi connectivity index (χ0) is 8.39. The highest BCUT2D eigenvalue weighted by atomic mass is 15.1. The first kappa shape index (κ1) is 8.55. The molecule has 0 aromatic rings. The number of hydrogen-bond donors (Lipinski definition) is 0. The zero-order valence-corrected chi connectivity index (χ0v) is 8.26. The molecule has 2 unspecified atom stereocenters. The van der Waals surface area contributed by atoms with Gasteiger partial charge in [0.15, 0.2) is 0 Å². The van der Waals surface area contributed by atoms with Crippen molar-refractivity contribution >= 4 is 0 Å². The molecule has 1 nitrogen and oxygen atoms in total. The van der Waals surface area contributed by atoms with E-state index in [0.717, 1.165) is 12.0 Å². The van der Waals surface area contributed by atoms with Crippen LogP contribution in [0.2, 0.25) is 0 Å². The van der Waals surface area contributed by atoms with E-state index < -0.39 is 0 Å². The second-order valence-electron chi connectivity index (χ2n) is 4.59. The van der Waals surface area contributed by atoms with Crippen LogP contribution in [0.5, 0.6) is 0 Å². The van der Waals surface area contributed by atoms with Crippen LogP contribution >= 0.6 is 0 Å². The molecule has 0 N–H and O–H groups in total. The molecule has 2 rings (SSSR count). The van der Waals surface area contributed by atoms with Gasteiger partial charge in [0.1, 0.15) is 0 Å². The fraction of sp³-hybridized carbons (Fsp3) is 1.00. The monoisotopic (exact) mass is 167 g/mol. The Morgan fingerprint density at radius 3 is 2.58 bits per heavy atom. The van der Waals surface area contributed by atoms with Crippen molar-refractivity contribution in [3.8, 4) is 0 Å². The van der Waals surface area contributed by atoms with Crippen molar-refractivity contribution in [2.24, 2.45) is 5.92 Å². The summed E-state index contributed by atoms with van der Waals surface area (Å²) in [7, 11) is 2.32. The van der Waals surface area contributed by atoms with Gasteiger partial charge in [0.2, 0.25) is 0 Å². The Balaban J connectivity index is 2.00. The van der Waals surface area contributed by atoms with Gasteiger partial charge in [-0.05, 0) is 45.2 Å². The van der Waals surface area contributed by atoms with Crippen LogP contribution < -0.4 is 0 Å². The standard InChI is InChI=1S/C11H21N/c1-12-9-5-7-10-6-3-2-4-8-11(10)12/h10-11H,2-9H2,1H3. The number of likely N-dealkylation sites (tertiary alicyclic amines) is 1. The van der Waals surface area contributed by atoms with Crippen LogP contribution in [0.3, 0.4) is 0 Å². The van der Waals surface area contributed by atoms with E-state index in [-0.39, 0.29) is 0 Å². The van der Waals surface area contributed by atoms with E-state index >= 15 is 0 Å². The molecule has 1 saturated carbocycles. The Bertz CT molecular complexity index is 144. The number of piperidine rings is 1. The first-order chi connectivity index (χ1) is 5.88. The van der Waals surface area contributed by atoms with Crippen molar-refractivity contribution in [3.63, 3.8) is 0 Å². The smallest absolute Gasteiger partial charge is 0.0120 e. The molecule has 0 aromatic heterocycles. The maximum atomic E-state index is 2.61. The average molecular weight is 167 g/mol. The lowest BCUT2D eigenvalue weighted by Crippen LogP contribution is -2.41. The predicted octanol–water partition coefficient (Wildman–Crippen LogP) is 2.66. The first-order valence-corrected chi connectivity index (χ1v) is 5.58. The summed E-state index contributed by atoms with van der Waals surface area (Å²) < 4.78 is 0. The topological polar surface area (TPSA) is 3.24 Å². The molecule has 0 spiro atoms. The summed E-state index contributed by atoms with van der Waals surface area (Å²) in [4.78, 5) is 2.61. The molecule has 70 valence electrons. The van der Waals surface area contributed by atoms with Crippen LogP contribution in [0.25, 0.3) is 0 Å². The molecular formula is C11H21N. The van der Waals surface area contributed by atoms with E-state index in [2.05, 4.69) is 11.9 Å². The molecule has 0 radical (unpaired) electrons. The quantitative estimate of drug-likeness (QED) is 0.536. The highest BCUT2D eigenvalue weighted by Crippen LogP contribution is 2.33. The molecule has 0 amide bonds. The van der Waals surface area contributed by atoms with Crippen LogP contribution in [0.15, 0.2) is 0 Å². The fourth-order valence-electron chi connectivity index (χ4n) is 3.05. The number of rotatable bonds is 0. The summed E-state index contributed by atoms with van der Waals surface area (Å²) in [5.41, 5.74) is 0. The van der Waals surface area contributed by atoms with E-state index in [1.807, 2.05) is 0 Å². The van der Waals surface area contributed by atoms with E-state index in [1.54, 1.807) is 0 Å². The van der Waals surface area contributed by atoms with E-state index in [9.17, 15) is 0 Å². The molecule has 1 aliphatic carbocycles. The molecule has 2 atom stereocenters. The summed E-state index contributed by atoms with van der Waals surface area (Å²) in [6.07, 6.45) is 10.4. The maximum Gasteiger partial charge on any atom is 0.0120 e. The van der Waals surface area contributed by atoms with Crippen LogP contribution in [-0.2, 0) is 0 Å². The summed E-state index contributed by atoms with van der Waals surface area (Å²) in [6, 6.07) is 0.946. The van der Waals surface area contributed by atoms with Crippen LogP contribution in [0.4, 0.5) is 0 Å². The zero-order valence-electron chi connectivity index (χ0n) is 8.26. The predicted molar refractivity (Wildman–Crippen MR) is 52.2 cm³/mol. The molecule has 1 heteroatoms. The summed E-state index contributed by atoms with van der Waals surface area (Å²) in [5.74, 6) is 1.05. The number of nitrogens with zero attached hydrogens (tertiary/aromatic N) is 1. The third kappa shape index (κ3) is 1.66. The van der Waals surface area contributed by atoms with Crippen molar-refractivity contribution < 1.29 is 0 Å². The van der Waals surface area contributed by atoms with Crippen molar-refractivity contribution in [2.75, 3.05) is 13.6 Å². The Morgan fingerprint density at radius 2 is 1.67 bits per heavy atom. The molecule has 1 heterocycles. The van der Waals surface area contributed by atoms with Gasteiger partial charge in [-0.2, -0.15) is 0 Å². The van der Waals surface area contributed by atoms with Gasteiger partial charge in [0, 0.05) is 6.04 Å². The van der Waals surface area contributed by atoms with Crippen LogP contribution in [0, 0.1) is 5.92 Å². The van der Waals surface area contributed by atoms with Crippen molar-refractivity contribution in [2.45, 2.75) is 51.0 Å². The SMILES string of the molecule is CN1CCCC2CCCCCC21. The lowest BCUT2D eigenvalue weighted by Gasteiger charge is -2.38. The van der Waals surface area contributed by atoms with Gasteiger partial charge in [0.05, 0.1) is 0 Å². The Morgan fingerprint density at radius 1 is 0.917 bits per heavy atom. The molecule has 0 bridgehead atoms. The largest absolute Gasteiger partial charge is 0.303 e. The Hall–Kier alpha value is -0.0400. The minimum Gasteiger partial charge on any atom is -0.303 e. The van der Waals surface area contributed by atoms with Crippen molar-refractivity contribution in [1.29, 1.82) is 0 Å². The average Bonchev–Trinajstić information content (AvgIpc) is 2.30. The summed E-state index contributed by atoms with van der Waals surface area (Å²) >= 11 is 0. The van der Waals surface area contributed by atoms with Gasteiger partial charge in [-0.3, -0.25) is 0 Å². The van der Waals surface area contributed by atoms with Gasteiger partial charge in [0.25, 0.3) is 0 Å². The van der Waals surface area contributed by atoms with Gasteiger partial charge >= 0.3 is 0 Å². The lowest BCUT2D eigenvalue weighted by atomic mass is 9.86. The second kappa shape index (κ2) is 3.78. The van der Waals surface area contributed by atoms with Gasteiger partial charge < -0.3 is 4.90 Å². The lowest BCUT2D eigenvalue weighted by molar-refractivity contribution is 0.114. The van der Waals surface area contributed by atoms with Crippen LogP contribution in [0.1, 0.15) is 44.9 Å². The first-order valence-electron chi connectivity index (χ1n) is 5.58. The van der Waals surface area contributed by atoms with E-state index in [0.29, 0.717) is 0 Å². The second-order valence-corrected chi connectivity index (χ2v) is 4.59. The van der Waals surface area contributed by atoms with Crippen LogP contribution in [-0.4, -0.2) is 24.5 Å². The molecule has 1 aliphatic heterocycles. The highest BCUT2D eigenvalue weighted by molar-refractivity contribution is 4.84. The molecule has 2 fully saturated rings. The number of fused-ring (bicyclic) bond motifs is 1. The molecular weight excluding hydrogens is 146 g/mol. The molecule has 12 heavy (non-hydrogen) atoms. The van der Waals surface area contributed by atoms with E-state index in [4.69, 9.17) is 0 Å². The highest BCUT2D eigenvalue weighted by Gasteiger charge is 2.29. The summed E-state index contributed by atoms with van der Waals surface area (Å²) in [5, 5.41) is 0. The van der Waals surface area contributed by atoms with E-state index in [1.165, 1.54) is 51.5 Å². The number of hydrogen-bond acceptors (Lipinski definition) is 1. The summed E-state index contributed by atoms with van der Waals surface area (Å²) in [6.45, 7) is 1.35. The third-order valence-corrected chi connectivity index (χ3v) is 3.77. The Kier molecular flexibility index (Phi) is 2.69. The van der Waals surface area contributed by atoms with Gasteiger partial charge in [-0.1, -0.05) is 19.3 Å². The molecule has 2 aliphatic rings.